The van der Waals surface area contributed by atoms with E-state index in [1.165, 1.54) is 18.4 Å². The van der Waals surface area contributed by atoms with Crippen molar-refractivity contribution in [1.29, 1.82) is 0 Å². The van der Waals surface area contributed by atoms with Crippen molar-refractivity contribution in [3.05, 3.63) is 11.6 Å². The largest absolute Gasteiger partial charge is 0.481 e. The van der Waals surface area contributed by atoms with Gasteiger partial charge in [0.1, 0.15) is 11.9 Å². The van der Waals surface area contributed by atoms with Gasteiger partial charge in [-0.15, -0.1) is 0 Å². The number of ketones is 1. The highest BCUT2D eigenvalue weighted by molar-refractivity contribution is 5.79. The van der Waals surface area contributed by atoms with Crippen LogP contribution in [-0.2, 0) is 19.1 Å². The van der Waals surface area contributed by atoms with Crippen LogP contribution in [0.15, 0.2) is 11.6 Å². The van der Waals surface area contributed by atoms with E-state index in [4.69, 9.17) is 9.84 Å². The van der Waals surface area contributed by atoms with Crippen LogP contribution < -0.4 is 0 Å². The fourth-order valence-electron chi connectivity index (χ4n) is 8.02. The van der Waals surface area contributed by atoms with Crippen LogP contribution in [0.5, 0.6) is 0 Å². The molecule has 5 heteroatoms. The lowest BCUT2D eigenvalue weighted by Gasteiger charge is -2.58. The molecule has 7 atom stereocenters. The number of carbonyl (C=O) groups excluding carboxylic acids is 2. The van der Waals surface area contributed by atoms with Gasteiger partial charge in [-0.3, -0.25) is 14.4 Å². The number of carboxylic acids is 1. The van der Waals surface area contributed by atoms with Crippen molar-refractivity contribution in [2.75, 3.05) is 0 Å². The van der Waals surface area contributed by atoms with Gasteiger partial charge >= 0.3 is 11.9 Å². The van der Waals surface area contributed by atoms with Gasteiger partial charge in [0.2, 0.25) is 0 Å². The van der Waals surface area contributed by atoms with Crippen LogP contribution in [0.2, 0.25) is 0 Å². The molecule has 4 aliphatic carbocycles. The molecule has 31 heavy (non-hydrogen) atoms. The molecule has 172 valence electrons. The Morgan fingerprint density at radius 1 is 1.06 bits per heavy atom. The number of ether oxygens (including phenoxy) is 1. The van der Waals surface area contributed by atoms with Crippen molar-refractivity contribution in [1.82, 2.24) is 0 Å². The first-order valence-corrected chi connectivity index (χ1v) is 12.3. The number of rotatable bonds is 6. The highest BCUT2D eigenvalue weighted by atomic mass is 16.5. The van der Waals surface area contributed by atoms with Crippen molar-refractivity contribution in [3.8, 4) is 0 Å². The van der Waals surface area contributed by atoms with Gasteiger partial charge in [0.15, 0.2) is 0 Å². The highest BCUT2D eigenvalue weighted by Crippen LogP contribution is 2.66. The lowest BCUT2D eigenvalue weighted by Crippen LogP contribution is -2.51. The second-order valence-corrected chi connectivity index (χ2v) is 11.1. The number of Topliss-reactive ketones (excluding diaryl/α,β-unsaturated/α-hetero) is 1. The van der Waals surface area contributed by atoms with Crippen LogP contribution >= 0.6 is 0 Å². The number of carboxylic acid groups (broad SMARTS) is 1. The molecule has 0 heterocycles. The fraction of sp³-hybridized carbons (Fsp3) is 0.808. The van der Waals surface area contributed by atoms with Crippen LogP contribution in [0.25, 0.3) is 0 Å². The summed E-state index contributed by atoms with van der Waals surface area (Å²) in [6.45, 7) is 6.60. The number of allylic oxidation sites excluding steroid dienone is 1. The molecule has 3 fully saturated rings. The van der Waals surface area contributed by atoms with Crippen molar-refractivity contribution in [3.63, 3.8) is 0 Å². The maximum absolute atomic E-state index is 12.3. The van der Waals surface area contributed by atoms with Crippen LogP contribution in [0.4, 0.5) is 0 Å². The van der Waals surface area contributed by atoms with E-state index in [9.17, 15) is 14.4 Å². The van der Waals surface area contributed by atoms with E-state index in [1.54, 1.807) is 6.92 Å². The fourth-order valence-corrected chi connectivity index (χ4v) is 8.02. The predicted octanol–water partition coefficient (Wildman–Crippen LogP) is 5.32. The zero-order valence-corrected chi connectivity index (χ0v) is 19.3. The van der Waals surface area contributed by atoms with Gasteiger partial charge in [0.25, 0.3) is 0 Å². The molecule has 3 saturated carbocycles. The van der Waals surface area contributed by atoms with E-state index in [2.05, 4.69) is 19.9 Å². The molecule has 0 radical (unpaired) electrons. The van der Waals surface area contributed by atoms with E-state index in [0.29, 0.717) is 30.0 Å². The molecule has 0 spiro atoms. The standard InChI is InChI=1S/C26H38O5/c1-16(27)20-9-10-21-19-8-7-17-15-18(31-24(30)6-4-5-23(28)29)11-13-25(17,2)22(19)12-14-26(20,21)3/h7,18-22H,4-6,8-15H2,1-3H3,(H,28,29)/t18-,19-,20+,21-,22-,25-,26+/m0/s1. The molecule has 0 amide bonds. The minimum atomic E-state index is -0.872. The Balaban J connectivity index is 1.42. The molecule has 0 aromatic heterocycles. The topological polar surface area (TPSA) is 80.7 Å². The molecular formula is C26H38O5. The first-order chi connectivity index (χ1) is 14.6. The molecule has 0 aromatic rings. The van der Waals surface area contributed by atoms with Crippen LogP contribution in [0.1, 0.15) is 91.4 Å². The lowest BCUT2D eigenvalue weighted by atomic mass is 9.47. The van der Waals surface area contributed by atoms with Crippen molar-refractivity contribution in [2.24, 2.45) is 34.5 Å². The number of carbonyl (C=O) groups is 3. The summed E-state index contributed by atoms with van der Waals surface area (Å²) < 4.78 is 5.72. The Hall–Kier alpha value is -1.65. The molecule has 0 aromatic carbocycles. The van der Waals surface area contributed by atoms with E-state index in [0.717, 1.165) is 38.5 Å². The van der Waals surface area contributed by atoms with Gasteiger partial charge in [-0.05, 0) is 86.9 Å². The number of hydrogen-bond donors (Lipinski definition) is 1. The molecule has 4 aliphatic rings. The van der Waals surface area contributed by atoms with Crippen molar-refractivity contribution in [2.45, 2.75) is 97.5 Å². The highest BCUT2D eigenvalue weighted by Gasteiger charge is 2.59. The van der Waals surface area contributed by atoms with Gasteiger partial charge in [0.05, 0.1) is 0 Å². The third-order valence-electron chi connectivity index (χ3n) is 9.62. The monoisotopic (exact) mass is 430 g/mol. The number of aliphatic carboxylic acids is 1. The van der Waals surface area contributed by atoms with E-state index >= 15 is 0 Å². The van der Waals surface area contributed by atoms with Crippen molar-refractivity contribution < 1.29 is 24.2 Å². The third kappa shape index (κ3) is 3.98. The molecule has 4 rings (SSSR count). The maximum atomic E-state index is 12.3. The predicted molar refractivity (Wildman–Crippen MR) is 117 cm³/mol. The van der Waals surface area contributed by atoms with E-state index in [-0.39, 0.29) is 41.7 Å². The third-order valence-corrected chi connectivity index (χ3v) is 9.62. The Morgan fingerprint density at radius 3 is 2.55 bits per heavy atom. The molecule has 0 bridgehead atoms. The normalized spacial score (nSPS) is 41.4. The lowest BCUT2D eigenvalue weighted by molar-refractivity contribution is -0.152. The van der Waals surface area contributed by atoms with Gasteiger partial charge in [-0.1, -0.05) is 25.5 Å². The molecular weight excluding hydrogens is 392 g/mol. The zero-order chi connectivity index (χ0) is 22.4. The summed E-state index contributed by atoms with van der Waals surface area (Å²) in [5.41, 5.74) is 1.83. The second kappa shape index (κ2) is 8.37. The molecule has 0 aliphatic heterocycles. The quantitative estimate of drug-likeness (QED) is 0.455. The minimum absolute atomic E-state index is 0.0105. The summed E-state index contributed by atoms with van der Waals surface area (Å²) in [6.07, 6.45) is 11.4. The average Bonchev–Trinajstić information content (AvgIpc) is 3.05. The van der Waals surface area contributed by atoms with Gasteiger partial charge in [0, 0.05) is 25.2 Å². The Labute approximate surface area is 186 Å². The molecule has 1 N–H and O–H groups in total. The Kier molecular flexibility index (Phi) is 6.08. The smallest absolute Gasteiger partial charge is 0.306 e. The Morgan fingerprint density at radius 2 is 1.84 bits per heavy atom. The van der Waals surface area contributed by atoms with E-state index < -0.39 is 5.97 Å². The zero-order valence-electron chi connectivity index (χ0n) is 19.3. The minimum Gasteiger partial charge on any atom is -0.481 e. The van der Waals surface area contributed by atoms with E-state index in [1.807, 2.05) is 0 Å². The summed E-state index contributed by atoms with van der Waals surface area (Å²) >= 11 is 0. The average molecular weight is 431 g/mol. The molecule has 5 nitrogen and oxygen atoms in total. The van der Waals surface area contributed by atoms with Crippen LogP contribution in [-0.4, -0.2) is 28.9 Å². The van der Waals surface area contributed by atoms with Crippen LogP contribution in [0.3, 0.4) is 0 Å². The number of esters is 1. The summed E-state index contributed by atoms with van der Waals surface area (Å²) in [7, 11) is 0. The Bertz CT molecular complexity index is 785. The summed E-state index contributed by atoms with van der Waals surface area (Å²) in [5, 5.41) is 8.74. The first-order valence-electron chi connectivity index (χ1n) is 12.3. The second-order valence-electron chi connectivity index (χ2n) is 11.1. The number of hydrogen-bond acceptors (Lipinski definition) is 4. The van der Waals surface area contributed by atoms with Gasteiger partial charge < -0.3 is 9.84 Å². The number of fused-ring (bicyclic) bond motifs is 5. The van der Waals surface area contributed by atoms with Crippen LogP contribution in [0, 0.1) is 34.5 Å². The first kappa shape index (κ1) is 22.5. The van der Waals surface area contributed by atoms with Gasteiger partial charge in [-0.25, -0.2) is 0 Å². The summed E-state index contributed by atoms with van der Waals surface area (Å²) in [5.74, 6) is 1.48. The molecule has 0 saturated heterocycles. The van der Waals surface area contributed by atoms with Crippen molar-refractivity contribution >= 4 is 17.7 Å². The summed E-state index contributed by atoms with van der Waals surface area (Å²) in [4.78, 5) is 35.1. The molecule has 0 unspecified atom stereocenters. The van der Waals surface area contributed by atoms with Gasteiger partial charge in [-0.2, -0.15) is 0 Å². The summed E-state index contributed by atoms with van der Waals surface area (Å²) in [6, 6.07) is 0. The maximum Gasteiger partial charge on any atom is 0.306 e. The SMILES string of the molecule is CC(=O)[C@H]1CC[C@H]2[C@@H]3CC=C4C[C@@H](OC(=O)CCCC(=O)O)CC[C@]4(C)[C@H]3CC[C@]12C.